The van der Waals surface area contributed by atoms with Crippen LogP contribution in [-0.2, 0) is 0 Å². The Morgan fingerprint density at radius 2 is 2.00 bits per heavy atom. The molecule has 100 valence electrons. The molecular formula is C13H27N3O. The Balaban J connectivity index is 2.40. The summed E-state index contributed by atoms with van der Waals surface area (Å²) in [4.78, 5) is 14.0. The summed E-state index contributed by atoms with van der Waals surface area (Å²) >= 11 is 0. The van der Waals surface area contributed by atoms with Crippen LogP contribution in [0.2, 0.25) is 0 Å². The Labute approximate surface area is 105 Å². The van der Waals surface area contributed by atoms with Crippen molar-refractivity contribution in [1.82, 2.24) is 10.2 Å². The molecule has 0 bridgehead atoms. The highest BCUT2D eigenvalue weighted by molar-refractivity contribution is 5.74. The van der Waals surface area contributed by atoms with Gasteiger partial charge in [-0.05, 0) is 39.7 Å². The van der Waals surface area contributed by atoms with Gasteiger partial charge in [-0.15, -0.1) is 0 Å². The third-order valence-electron chi connectivity index (χ3n) is 3.42. The fourth-order valence-corrected chi connectivity index (χ4v) is 2.36. The zero-order valence-corrected chi connectivity index (χ0v) is 11.2. The summed E-state index contributed by atoms with van der Waals surface area (Å²) in [5.41, 5.74) is 5.50. The standard InChI is InChI=1S/C13H27N3O/c1-11(2)16(10-6-9-14)13(17)15-12-7-4-3-5-8-12/h11-12H,3-10,14H2,1-2H3,(H,15,17). The number of nitrogens with one attached hydrogen (secondary N) is 1. The SMILES string of the molecule is CC(C)N(CCCN)C(=O)NC1CCCCC1. The summed E-state index contributed by atoms with van der Waals surface area (Å²) in [6.45, 7) is 5.50. The van der Waals surface area contributed by atoms with Gasteiger partial charge in [-0.3, -0.25) is 0 Å². The molecule has 0 radical (unpaired) electrons. The molecule has 0 aromatic heterocycles. The lowest BCUT2D eigenvalue weighted by molar-refractivity contribution is 0.175. The Morgan fingerprint density at radius 1 is 1.35 bits per heavy atom. The molecule has 1 aliphatic rings. The van der Waals surface area contributed by atoms with Gasteiger partial charge in [0.25, 0.3) is 0 Å². The van der Waals surface area contributed by atoms with Crippen LogP contribution in [0.1, 0.15) is 52.4 Å². The number of amides is 2. The van der Waals surface area contributed by atoms with Crippen molar-refractivity contribution in [3.63, 3.8) is 0 Å². The minimum absolute atomic E-state index is 0.0837. The summed E-state index contributed by atoms with van der Waals surface area (Å²) in [6, 6.07) is 0.709. The van der Waals surface area contributed by atoms with E-state index in [1.165, 1.54) is 19.3 Å². The lowest BCUT2D eigenvalue weighted by Crippen LogP contribution is -2.48. The van der Waals surface area contributed by atoms with E-state index in [2.05, 4.69) is 19.2 Å². The molecule has 0 atom stereocenters. The van der Waals surface area contributed by atoms with E-state index in [-0.39, 0.29) is 12.1 Å². The van der Waals surface area contributed by atoms with E-state index < -0.39 is 0 Å². The Morgan fingerprint density at radius 3 is 2.53 bits per heavy atom. The second-order valence-electron chi connectivity index (χ2n) is 5.21. The first-order chi connectivity index (χ1) is 8.15. The van der Waals surface area contributed by atoms with Gasteiger partial charge in [-0.25, -0.2) is 4.79 Å². The first kappa shape index (κ1) is 14.3. The molecule has 0 heterocycles. The normalized spacial score (nSPS) is 17.2. The monoisotopic (exact) mass is 241 g/mol. The van der Waals surface area contributed by atoms with Crippen molar-refractivity contribution in [2.45, 2.75) is 64.5 Å². The zero-order chi connectivity index (χ0) is 12.7. The van der Waals surface area contributed by atoms with Crippen LogP contribution in [0.5, 0.6) is 0 Å². The average molecular weight is 241 g/mol. The van der Waals surface area contributed by atoms with Gasteiger partial charge in [0.05, 0.1) is 0 Å². The molecule has 1 rings (SSSR count). The highest BCUT2D eigenvalue weighted by Gasteiger charge is 2.21. The van der Waals surface area contributed by atoms with Crippen LogP contribution in [-0.4, -0.2) is 36.1 Å². The molecule has 4 nitrogen and oxygen atoms in total. The molecule has 0 aromatic rings. The number of carbonyl (C=O) groups is 1. The number of hydrogen-bond donors (Lipinski definition) is 2. The van der Waals surface area contributed by atoms with Crippen LogP contribution < -0.4 is 11.1 Å². The van der Waals surface area contributed by atoms with Gasteiger partial charge in [0.15, 0.2) is 0 Å². The Bertz CT molecular complexity index is 225. The van der Waals surface area contributed by atoms with E-state index in [4.69, 9.17) is 5.73 Å². The number of urea groups is 1. The van der Waals surface area contributed by atoms with Gasteiger partial charge in [-0.1, -0.05) is 19.3 Å². The van der Waals surface area contributed by atoms with Gasteiger partial charge in [0.1, 0.15) is 0 Å². The predicted molar refractivity (Wildman–Crippen MR) is 70.9 cm³/mol. The van der Waals surface area contributed by atoms with Crippen LogP contribution in [0.3, 0.4) is 0 Å². The summed E-state index contributed by atoms with van der Waals surface area (Å²) in [7, 11) is 0. The van der Waals surface area contributed by atoms with Crippen LogP contribution in [0, 0.1) is 0 Å². The first-order valence-corrected chi connectivity index (χ1v) is 6.92. The lowest BCUT2D eigenvalue weighted by Gasteiger charge is -2.30. The maximum atomic E-state index is 12.1. The topological polar surface area (TPSA) is 58.4 Å². The van der Waals surface area contributed by atoms with Gasteiger partial charge < -0.3 is 16.0 Å². The van der Waals surface area contributed by atoms with E-state index in [0.717, 1.165) is 25.8 Å². The van der Waals surface area contributed by atoms with Crippen molar-refractivity contribution in [2.24, 2.45) is 5.73 Å². The molecule has 1 fully saturated rings. The van der Waals surface area contributed by atoms with Crippen LogP contribution in [0.25, 0.3) is 0 Å². The Kier molecular flexibility index (Phi) is 6.34. The lowest BCUT2D eigenvalue weighted by atomic mass is 9.96. The van der Waals surface area contributed by atoms with Gasteiger partial charge in [0, 0.05) is 18.6 Å². The van der Waals surface area contributed by atoms with E-state index in [1.54, 1.807) is 0 Å². The minimum Gasteiger partial charge on any atom is -0.335 e. The fraction of sp³-hybridized carbons (Fsp3) is 0.923. The highest BCUT2D eigenvalue weighted by Crippen LogP contribution is 2.17. The maximum absolute atomic E-state index is 12.1. The van der Waals surface area contributed by atoms with Gasteiger partial charge in [0.2, 0.25) is 0 Å². The minimum atomic E-state index is 0.0837. The molecule has 0 aromatic carbocycles. The summed E-state index contributed by atoms with van der Waals surface area (Å²) in [5.74, 6) is 0. The largest absolute Gasteiger partial charge is 0.335 e. The highest BCUT2D eigenvalue weighted by atomic mass is 16.2. The molecule has 0 saturated heterocycles. The van der Waals surface area contributed by atoms with E-state index in [9.17, 15) is 4.79 Å². The number of nitrogens with zero attached hydrogens (tertiary/aromatic N) is 1. The molecule has 0 unspecified atom stereocenters. The molecule has 3 N–H and O–H groups in total. The van der Waals surface area contributed by atoms with Gasteiger partial charge in [-0.2, -0.15) is 0 Å². The smallest absolute Gasteiger partial charge is 0.317 e. The van der Waals surface area contributed by atoms with Crippen molar-refractivity contribution in [3.05, 3.63) is 0 Å². The summed E-state index contributed by atoms with van der Waals surface area (Å²) in [6.07, 6.45) is 6.94. The molecule has 2 amide bonds. The van der Waals surface area contributed by atoms with Crippen molar-refractivity contribution in [3.8, 4) is 0 Å². The molecule has 1 aliphatic carbocycles. The molecule has 4 heteroatoms. The van der Waals surface area contributed by atoms with Crippen molar-refractivity contribution in [2.75, 3.05) is 13.1 Å². The quantitative estimate of drug-likeness (QED) is 0.774. The predicted octanol–water partition coefficient (Wildman–Crippen LogP) is 2.09. The molecule has 1 saturated carbocycles. The third-order valence-corrected chi connectivity index (χ3v) is 3.42. The third kappa shape index (κ3) is 4.94. The molecule has 0 spiro atoms. The number of rotatable bonds is 5. The molecule has 0 aliphatic heterocycles. The fourth-order valence-electron chi connectivity index (χ4n) is 2.36. The van der Waals surface area contributed by atoms with Crippen LogP contribution >= 0.6 is 0 Å². The second-order valence-corrected chi connectivity index (χ2v) is 5.21. The van der Waals surface area contributed by atoms with E-state index in [0.29, 0.717) is 12.6 Å². The van der Waals surface area contributed by atoms with Crippen molar-refractivity contribution in [1.29, 1.82) is 0 Å². The first-order valence-electron chi connectivity index (χ1n) is 6.92. The number of carbonyl (C=O) groups excluding carboxylic acids is 1. The number of hydrogen-bond acceptors (Lipinski definition) is 2. The van der Waals surface area contributed by atoms with Gasteiger partial charge >= 0.3 is 6.03 Å². The summed E-state index contributed by atoms with van der Waals surface area (Å²) in [5, 5.41) is 3.16. The van der Waals surface area contributed by atoms with Crippen LogP contribution in [0.15, 0.2) is 0 Å². The summed E-state index contributed by atoms with van der Waals surface area (Å²) < 4.78 is 0. The number of nitrogens with two attached hydrogens (primary N) is 1. The van der Waals surface area contributed by atoms with Crippen molar-refractivity contribution >= 4 is 6.03 Å². The average Bonchev–Trinajstić information content (AvgIpc) is 2.30. The zero-order valence-electron chi connectivity index (χ0n) is 11.2. The second kappa shape index (κ2) is 7.54. The maximum Gasteiger partial charge on any atom is 0.317 e. The van der Waals surface area contributed by atoms with Crippen molar-refractivity contribution < 1.29 is 4.79 Å². The van der Waals surface area contributed by atoms with Crippen LogP contribution in [0.4, 0.5) is 4.79 Å². The Hall–Kier alpha value is -0.770. The molecular weight excluding hydrogens is 214 g/mol. The van der Waals surface area contributed by atoms with E-state index in [1.807, 2.05) is 4.90 Å². The molecule has 17 heavy (non-hydrogen) atoms. The van der Waals surface area contributed by atoms with E-state index >= 15 is 0 Å².